The summed E-state index contributed by atoms with van der Waals surface area (Å²) in [5, 5.41) is 0. The number of hydrogen-bond acceptors (Lipinski definition) is 1. The Morgan fingerprint density at radius 1 is 1.33 bits per heavy atom. The molecule has 0 N–H and O–H groups in total. The van der Waals surface area contributed by atoms with Gasteiger partial charge in [-0.25, -0.2) is 0 Å². The second kappa shape index (κ2) is 4.08. The Labute approximate surface area is 76.8 Å². The summed E-state index contributed by atoms with van der Waals surface area (Å²) in [6.45, 7) is 14.8. The average molecular weight is 170 g/mol. The quantitative estimate of drug-likeness (QED) is 0.591. The van der Waals surface area contributed by atoms with E-state index in [4.69, 9.17) is 4.74 Å². The molecule has 0 heterocycles. The molecule has 0 radical (unpaired) electrons. The van der Waals surface area contributed by atoms with E-state index in [0.29, 0.717) is 5.92 Å². The van der Waals surface area contributed by atoms with E-state index in [1.54, 1.807) is 7.11 Å². The third-order valence-electron chi connectivity index (χ3n) is 2.34. The van der Waals surface area contributed by atoms with Crippen molar-refractivity contribution in [3.63, 3.8) is 0 Å². The van der Waals surface area contributed by atoms with Gasteiger partial charge in [0.15, 0.2) is 0 Å². The maximum Gasteiger partial charge on any atom is 0.0681 e. The predicted octanol–water partition coefficient (Wildman–Crippen LogP) is 3.26. The van der Waals surface area contributed by atoms with E-state index in [2.05, 4.69) is 41.2 Å². The summed E-state index contributed by atoms with van der Waals surface area (Å²) < 4.78 is 5.48. The van der Waals surface area contributed by atoms with E-state index in [1.807, 2.05) is 0 Å². The van der Waals surface area contributed by atoms with Crippen molar-refractivity contribution < 1.29 is 4.74 Å². The maximum absolute atomic E-state index is 5.48. The van der Waals surface area contributed by atoms with Gasteiger partial charge in [0, 0.05) is 13.0 Å². The van der Waals surface area contributed by atoms with Crippen LogP contribution in [0.15, 0.2) is 12.2 Å². The Morgan fingerprint density at radius 2 is 1.75 bits per heavy atom. The van der Waals surface area contributed by atoms with E-state index in [1.165, 1.54) is 5.57 Å². The molecule has 12 heavy (non-hydrogen) atoms. The third-order valence-corrected chi connectivity index (χ3v) is 2.34. The molecule has 1 heteroatoms. The van der Waals surface area contributed by atoms with Crippen molar-refractivity contribution in [3.05, 3.63) is 12.2 Å². The van der Waals surface area contributed by atoms with Crippen LogP contribution < -0.4 is 0 Å². The van der Waals surface area contributed by atoms with Crippen LogP contribution in [0.4, 0.5) is 0 Å². The highest BCUT2D eigenvalue weighted by Crippen LogP contribution is 2.30. The molecular weight excluding hydrogens is 148 g/mol. The lowest BCUT2D eigenvalue weighted by Gasteiger charge is -2.34. The molecule has 1 nitrogen and oxygen atoms in total. The van der Waals surface area contributed by atoms with Crippen LogP contribution in [0.1, 0.15) is 34.6 Å². The highest BCUT2D eigenvalue weighted by molar-refractivity contribution is 5.00. The molecule has 0 aromatic rings. The van der Waals surface area contributed by atoms with Crippen molar-refractivity contribution in [1.29, 1.82) is 0 Å². The highest BCUT2D eigenvalue weighted by Gasteiger charge is 2.29. The van der Waals surface area contributed by atoms with Crippen LogP contribution in [-0.4, -0.2) is 13.2 Å². The Morgan fingerprint density at radius 3 is 1.83 bits per heavy atom. The topological polar surface area (TPSA) is 9.23 Å². The molecule has 0 aliphatic heterocycles. The van der Waals surface area contributed by atoms with Gasteiger partial charge in [0.1, 0.15) is 0 Å². The van der Waals surface area contributed by atoms with Gasteiger partial charge in [-0.15, -0.1) is 0 Å². The minimum atomic E-state index is 0.188. The summed E-state index contributed by atoms with van der Waals surface area (Å²) in [6, 6.07) is 0. The summed E-state index contributed by atoms with van der Waals surface area (Å²) in [7, 11) is 1.77. The van der Waals surface area contributed by atoms with E-state index >= 15 is 0 Å². The van der Waals surface area contributed by atoms with Gasteiger partial charge in [-0.05, 0) is 12.3 Å². The Hall–Kier alpha value is -0.300. The molecule has 0 rings (SSSR count). The summed E-state index contributed by atoms with van der Waals surface area (Å²) in [4.78, 5) is 0. The Balaban J connectivity index is 4.45. The first-order valence-electron chi connectivity index (χ1n) is 4.49. The number of ether oxygens (including phenoxy) is 1. The van der Waals surface area contributed by atoms with Crippen LogP contribution in [-0.2, 0) is 4.74 Å². The van der Waals surface area contributed by atoms with Crippen molar-refractivity contribution in [2.24, 2.45) is 11.3 Å². The van der Waals surface area contributed by atoms with Crippen molar-refractivity contribution >= 4 is 0 Å². The van der Waals surface area contributed by atoms with Crippen molar-refractivity contribution in [2.75, 3.05) is 7.11 Å². The lowest BCUT2D eigenvalue weighted by atomic mass is 9.79. The zero-order valence-corrected chi connectivity index (χ0v) is 9.27. The maximum atomic E-state index is 5.48. The zero-order valence-electron chi connectivity index (χ0n) is 9.27. The van der Waals surface area contributed by atoms with E-state index in [-0.39, 0.29) is 11.5 Å². The number of methoxy groups -OCH3 is 1. The van der Waals surface area contributed by atoms with Gasteiger partial charge in [-0.1, -0.05) is 39.8 Å². The molecule has 0 bridgehead atoms. The summed E-state index contributed by atoms with van der Waals surface area (Å²) in [5.74, 6) is 0.426. The van der Waals surface area contributed by atoms with Gasteiger partial charge in [-0.2, -0.15) is 0 Å². The van der Waals surface area contributed by atoms with Crippen molar-refractivity contribution in [1.82, 2.24) is 0 Å². The fourth-order valence-electron chi connectivity index (χ4n) is 1.57. The first-order chi connectivity index (χ1) is 5.30. The first-order valence-corrected chi connectivity index (χ1v) is 4.49. The van der Waals surface area contributed by atoms with Crippen LogP contribution in [0, 0.1) is 11.3 Å². The Bertz CT molecular complexity index is 153. The van der Waals surface area contributed by atoms with Crippen LogP contribution in [0.25, 0.3) is 0 Å². The van der Waals surface area contributed by atoms with Gasteiger partial charge in [0.05, 0.1) is 6.10 Å². The number of hydrogen-bond donors (Lipinski definition) is 0. The second-order valence-electron chi connectivity index (χ2n) is 4.66. The first kappa shape index (κ1) is 11.7. The van der Waals surface area contributed by atoms with Crippen molar-refractivity contribution in [3.8, 4) is 0 Å². The third kappa shape index (κ3) is 2.98. The molecule has 0 aliphatic carbocycles. The second-order valence-corrected chi connectivity index (χ2v) is 4.66. The molecule has 0 aromatic carbocycles. The SMILES string of the molecule is C=C(C)[C@@H](C)[C@H](OC)C(C)(C)C. The minimum absolute atomic E-state index is 0.188. The van der Waals surface area contributed by atoms with Gasteiger partial charge >= 0.3 is 0 Å². The normalized spacial score (nSPS) is 17.2. The summed E-state index contributed by atoms with van der Waals surface area (Å²) >= 11 is 0. The van der Waals surface area contributed by atoms with Gasteiger partial charge in [-0.3, -0.25) is 0 Å². The lowest BCUT2D eigenvalue weighted by Crippen LogP contribution is -2.34. The average Bonchev–Trinajstić information content (AvgIpc) is 1.85. The fourth-order valence-corrected chi connectivity index (χ4v) is 1.57. The molecule has 0 spiro atoms. The summed E-state index contributed by atoms with van der Waals surface area (Å²) in [5.41, 5.74) is 1.38. The fraction of sp³-hybridized carbons (Fsp3) is 0.818. The molecule has 72 valence electrons. The molecule has 0 aromatic heterocycles. The van der Waals surface area contributed by atoms with Gasteiger partial charge in [0.25, 0.3) is 0 Å². The summed E-state index contributed by atoms with van der Waals surface area (Å²) in [6.07, 6.45) is 0.259. The molecule has 0 fully saturated rings. The minimum Gasteiger partial charge on any atom is -0.380 e. The lowest BCUT2D eigenvalue weighted by molar-refractivity contribution is -0.0109. The molecule has 0 saturated carbocycles. The molecule has 0 saturated heterocycles. The van der Waals surface area contributed by atoms with Gasteiger partial charge < -0.3 is 4.74 Å². The van der Waals surface area contributed by atoms with Crippen LogP contribution in [0.2, 0.25) is 0 Å². The zero-order chi connectivity index (χ0) is 9.94. The molecule has 0 unspecified atom stereocenters. The van der Waals surface area contributed by atoms with E-state index in [0.717, 1.165) is 0 Å². The van der Waals surface area contributed by atoms with Crippen LogP contribution >= 0.6 is 0 Å². The van der Waals surface area contributed by atoms with Crippen molar-refractivity contribution in [2.45, 2.75) is 40.7 Å². The molecule has 2 atom stereocenters. The molecular formula is C11H22O. The highest BCUT2D eigenvalue weighted by atomic mass is 16.5. The number of rotatable bonds is 3. The van der Waals surface area contributed by atoms with Crippen LogP contribution in [0.5, 0.6) is 0 Å². The van der Waals surface area contributed by atoms with Gasteiger partial charge in [0.2, 0.25) is 0 Å². The van der Waals surface area contributed by atoms with Crippen LogP contribution in [0.3, 0.4) is 0 Å². The van der Waals surface area contributed by atoms with E-state index < -0.39 is 0 Å². The van der Waals surface area contributed by atoms with E-state index in [9.17, 15) is 0 Å². The standard InChI is InChI=1S/C11H22O/c1-8(2)9(3)10(12-7)11(4,5)6/h9-10H,1H2,2-7H3/t9-,10+/m1/s1. The molecule has 0 aliphatic rings. The molecule has 0 amide bonds. The predicted molar refractivity (Wildman–Crippen MR) is 54.2 cm³/mol. The largest absolute Gasteiger partial charge is 0.380 e. The monoisotopic (exact) mass is 170 g/mol. The Kier molecular flexibility index (Phi) is 3.98. The smallest absolute Gasteiger partial charge is 0.0681 e.